The lowest BCUT2D eigenvalue weighted by molar-refractivity contribution is 0.262. The second kappa shape index (κ2) is 7.14. The smallest absolute Gasteiger partial charge is 0.225 e. The van der Waals surface area contributed by atoms with Crippen molar-refractivity contribution in [3.05, 3.63) is 18.0 Å². The molecule has 2 saturated heterocycles. The number of piperazine rings is 1. The number of fused-ring (bicyclic) bond motifs is 2. The number of rotatable bonds is 6. The number of hydrogen-bond donors (Lipinski definition) is 0. The SMILES string of the molecule is CC(C)N(C)CCCc1cnc(N2C3CCC2CN(C)C3)nc1. The van der Waals surface area contributed by atoms with E-state index in [2.05, 4.69) is 52.6 Å². The quantitative estimate of drug-likeness (QED) is 0.802. The van der Waals surface area contributed by atoms with Gasteiger partial charge in [-0.1, -0.05) is 0 Å². The standard InChI is InChI=1S/C18H31N5/c1-14(2)22(4)9-5-6-15-10-19-18(20-11-15)23-16-7-8-17(23)13-21(3)12-16/h10-11,14,16-17H,5-9,12-13H2,1-4H3. The molecule has 128 valence electrons. The van der Waals surface area contributed by atoms with Gasteiger partial charge in [-0.05, 0) is 65.7 Å². The van der Waals surface area contributed by atoms with Gasteiger partial charge in [-0.15, -0.1) is 0 Å². The molecule has 0 saturated carbocycles. The number of anilines is 1. The molecular weight excluding hydrogens is 286 g/mol. The second-order valence-corrected chi connectivity index (χ2v) is 7.58. The van der Waals surface area contributed by atoms with Crippen LogP contribution in [-0.4, -0.2) is 71.6 Å². The number of likely N-dealkylation sites (tertiary alicyclic amines) is 1. The highest BCUT2D eigenvalue weighted by molar-refractivity contribution is 5.37. The zero-order chi connectivity index (χ0) is 16.4. The van der Waals surface area contributed by atoms with Crippen LogP contribution in [0, 0.1) is 0 Å². The van der Waals surface area contributed by atoms with E-state index in [9.17, 15) is 0 Å². The first-order valence-electron chi connectivity index (χ1n) is 9.02. The Hall–Kier alpha value is -1.20. The van der Waals surface area contributed by atoms with Crippen molar-refractivity contribution in [1.82, 2.24) is 19.8 Å². The van der Waals surface area contributed by atoms with E-state index in [4.69, 9.17) is 0 Å². The zero-order valence-corrected chi connectivity index (χ0v) is 15.1. The fourth-order valence-electron chi connectivity index (χ4n) is 3.84. The summed E-state index contributed by atoms with van der Waals surface area (Å²) in [5.41, 5.74) is 1.26. The first kappa shape index (κ1) is 16.7. The molecule has 0 spiro atoms. The number of nitrogens with zero attached hydrogens (tertiary/aromatic N) is 5. The van der Waals surface area contributed by atoms with Crippen LogP contribution >= 0.6 is 0 Å². The van der Waals surface area contributed by atoms with Crippen molar-refractivity contribution in [3.63, 3.8) is 0 Å². The molecule has 3 rings (SSSR count). The van der Waals surface area contributed by atoms with Gasteiger partial charge in [0.15, 0.2) is 0 Å². The Labute approximate surface area is 140 Å². The number of aryl methyl sites for hydroxylation is 1. The van der Waals surface area contributed by atoms with E-state index in [-0.39, 0.29) is 0 Å². The van der Waals surface area contributed by atoms with Gasteiger partial charge in [0.2, 0.25) is 5.95 Å². The fraction of sp³-hybridized carbons (Fsp3) is 0.778. The number of hydrogen-bond acceptors (Lipinski definition) is 5. The Morgan fingerprint density at radius 2 is 1.78 bits per heavy atom. The van der Waals surface area contributed by atoms with E-state index in [0.29, 0.717) is 18.1 Å². The van der Waals surface area contributed by atoms with Gasteiger partial charge in [-0.3, -0.25) is 0 Å². The summed E-state index contributed by atoms with van der Waals surface area (Å²) in [5.74, 6) is 0.939. The Morgan fingerprint density at radius 1 is 1.17 bits per heavy atom. The van der Waals surface area contributed by atoms with Gasteiger partial charge < -0.3 is 14.7 Å². The van der Waals surface area contributed by atoms with Gasteiger partial charge in [-0.2, -0.15) is 0 Å². The molecule has 2 atom stereocenters. The van der Waals surface area contributed by atoms with Crippen molar-refractivity contribution >= 4 is 5.95 Å². The molecule has 5 heteroatoms. The lowest BCUT2D eigenvalue weighted by atomic mass is 10.2. The summed E-state index contributed by atoms with van der Waals surface area (Å²) < 4.78 is 0. The molecule has 0 aromatic carbocycles. The minimum atomic E-state index is 0.601. The lowest BCUT2D eigenvalue weighted by Crippen LogP contribution is -2.53. The second-order valence-electron chi connectivity index (χ2n) is 7.58. The molecule has 1 aromatic rings. The molecular formula is C18H31N5. The van der Waals surface area contributed by atoms with Crippen molar-refractivity contribution in [2.45, 2.75) is 57.7 Å². The minimum Gasteiger partial charge on any atom is -0.332 e. The predicted molar refractivity (Wildman–Crippen MR) is 94.9 cm³/mol. The average Bonchev–Trinajstić information content (AvgIpc) is 2.79. The lowest BCUT2D eigenvalue weighted by Gasteiger charge is -2.39. The van der Waals surface area contributed by atoms with Crippen LogP contribution in [-0.2, 0) is 6.42 Å². The van der Waals surface area contributed by atoms with Gasteiger partial charge in [0.05, 0.1) is 0 Å². The van der Waals surface area contributed by atoms with Crippen molar-refractivity contribution in [3.8, 4) is 0 Å². The van der Waals surface area contributed by atoms with E-state index in [1.165, 1.54) is 18.4 Å². The van der Waals surface area contributed by atoms with Gasteiger partial charge in [0.1, 0.15) is 0 Å². The first-order valence-corrected chi connectivity index (χ1v) is 9.02. The summed E-state index contributed by atoms with van der Waals surface area (Å²) in [7, 11) is 4.41. The van der Waals surface area contributed by atoms with Crippen LogP contribution in [0.2, 0.25) is 0 Å². The molecule has 5 nitrogen and oxygen atoms in total. The van der Waals surface area contributed by atoms with Crippen molar-refractivity contribution in [2.24, 2.45) is 0 Å². The third kappa shape index (κ3) is 3.83. The van der Waals surface area contributed by atoms with E-state index in [1.54, 1.807) is 0 Å². The largest absolute Gasteiger partial charge is 0.332 e. The summed E-state index contributed by atoms with van der Waals surface area (Å²) in [4.78, 5) is 16.7. The summed E-state index contributed by atoms with van der Waals surface area (Å²) in [6, 6.07) is 1.81. The molecule has 23 heavy (non-hydrogen) atoms. The first-order chi connectivity index (χ1) is 11.0. The number of likely N-dealkylation sites (N-methyl/N-ethyl adjacent to an activating group) is 1. The van der Waals surface area contributed by atoms with Crippen LogP contribution in [0.25, 0.3) is 0 Å². The van der Waals surface area contributed by atoms with E-state index < -0.39 is 0 Å². The molecule has 2 unspecified atom stereocenters. The summed E-state index contributed by atoms with van der Waals surface area (Å²) >= 11 is 0. The van der Waals surface area contributed by atoms with E-state index in [1.807, 2.05) is 12.4 Å². The highest BCUT2D eigenvalue weighted by atomic mass is 15.4. The summed E-state index contributed by atoms with van der Waals surface area (Å²) in [5, 5.41) is 0. The van der Waals surface area contributed by atoms with Gasteiger partial charge in [-0.25, -0.2) is 9.97 Å². The summed E-state index contributed by atoms with van der Waals surface area (Å²) in [6.45, 7) is 7.89. The van der Waals surface area contributed by atoms with Crippen LogP contribution in [0.4, 0.5) is 5.95 Å². The molecule has 0 radical (unpaired) electrons. The van der Waals surface area contributed by atoms with E-state index >= 15 is 0 Å². The van der Waals surface area contributed by atoms with Crippen LogP contribution in [0.5, 0.6) is 0 Å². The molecule has 3 heterocycles. The third-order valence-corrected chi connectivity index (χ3v) is 5.45. The van der Waals surface area contributed by atoms with Crippen LogP contribution in [0.15, 0.2) is 12.4 Å². The average molecular weight is 317 g/mol. The monoisotopic (exact) mass is 317 g/mol. The zero-order valence-electron chi connectivity index (χ0n) is 15.1. The van der Waals surface area contributed by atoms with E-state index in [0.717, 1.165) is 38.4 Å². The molecule has 2 bridgehead atoms. The van der Waals surface area contributed by atoms with Gasteiger partial charge >= 0.3 is 0 Å². The summed E-state index contributed by atoms with van der Waals surface area (Å²) in [6.07, 6.45) is 8.86. The molecule has 2 fully saturated rings. The molecule has 2 aliphatic rings. The predicted octanol–water partition coefficient (Wildman–Crippen LogP) is 2.03. The molecule has 0 aliphatic carbocycles. The topological polar surface area (TPSA) is 35.5 Å². The normalized spacial score (nSPS) is 24.9. The Morgan fingerprint density at radius 3 is 2.35 bits per heavy atom. The maximum Gasteiger partial charge on any atom is 0.225 e. The number of aromatic nitrogens is 2. The molecule has 0 N–H and O–H groups in total. The van der Waals surface area contributed by atoms with Gasteiger partial charge in [0, 0.05) is 43.6 Å². The Bertz CT molecular complexity index is 487. The Kier molecular flexibility index (Phi) is 5.17. The highest BCUT2D eigenvalue weighted by Gasteiger charge is 2.39. The maximum atomic E-state index is 4.68. The van der Waals surface area contributed by atoms with Crippen molar-refractivity contribution < 1.29 is 0 Å². The minimum absolute atomic E-state index is 0.601. The fourth-order valence-corrected chi connectivity index (χ4v) is 3.84. The highest BCUT2D eigenvalue weighted by Crippen LogP contribution is 2.32. The van der Waals surface area contributed by atoms with Gasteiger partial charge in [0.25, 0.3) is 0 Å². The molecule has 0 amide bonds. The maximum absolute atomic E-state index is 4.68. The van der Waals surface area contributed by atoms with Crippen LogP contribution < -0.4 is 4.90 Å². The van der Waals surface area contributed by atoms with Crippen molar-refractivity contribution in [1.29, 1.82) is 0 Å². The molecule has 1 aromatic heterocycles. The van der Waals surface area contributed by atoms with Crippen molar-refractivity contribution in [2.75, 3.05) is 38.6 Å². The third-order valence-electron chi connectivity index (χ3n) is 5.45. The van der Waals surface area contributed by atoms with Crippen LogP contribution in [0.1, 0.15) is 38.7 Å². The molecule has 2 aliphatic heterocycles. The Balaban J connectivity index is 1.56. The van der Waals surface area contributed by atoms with Crippen LogP contribution in [0.3, 0.4) is 0 Å².